The quantitative estimate of drug-likeness (QED) is 0.271. The lowest BCUT2D eigenvalue weighted by Crippen LogP contribution is -2.45. The van der Waals surface area contributed by atoms with Crippen molar-refractivity contribution in [3.8, 4) is 11.5 Å². The van der Waals surface area contributed by atoms with Gasteiger partial charge in [-0.25, -0.2) is 0 Å². The van der Waals surface area contributed by atoms with Crippen molar-refractivity contribution in [2.24, 2.45) is 0 Å². The maximum Gasteiger partial charge on any atom is 0.591 e. The van der Waals surface area contributed by atoms with Crippen LogP contribution in [-0.2, 0) is 13.3 Å². The van der Waals surface area contributed by atoms with Crippen molar-refractivity contribution in [1.82, 2.24) is 0 Å². The van der Waals surface area contributed by atoms with E-state index in [1.165, 1.54) is 0 Å². The number of rotatable bonds is 9. The third-order valence-corrected chi connectivity index (χ3v) is 6.20. The van der Waals surface area contributed by atoms with Crippen LogP contribution in [0, 0.1) is 11.5 Å². The van der Waals surface area contributed by atoms with E-state index in [2.05, 4.69) is 11.5 Å². The molecule has 0 aliphatic heterocycles. The van der Waals surface area contributed by atoms with Gasteiger partial charge in [0.05, 0.1) is 0 Å². The Balaban J connectivity index is 2.11. The van der Waals surface area contributed by atoms with Gasteiger partial charge >= 0.3 is 8.80 Å². The molecule has 0 atom stereocenters. The number of allylic oxidation sites excluding steroid dienone is 1. The lowest BCUT2D eigenvalue weighted by molar-refractivity contribution is 0.0870. The first-order valence-electron chi connectivity index (χ1n) is 9.45. The monoisotopic (exact) mass is 394 g/mol. The summed E-state index contributed by atoms with van der Waals surface area (Å²) in [5.41, 5.74) is 5.53. The average molecular weight is 395 g/mol. The molecule has 0 spiro atoms. The Morgan fingerprint density at radius 2 is 1.46 bits per heavy atom. The first-order chi connectivity index (χ1) is 13.6. The average Bonchev–Trinajstić information content (AvgIpc) is 2.72. The van der Waals surface area contributed by atoms with Crippen LogP contribution in [0.25, 0.3) is 6.08 Å². The fourth-order valence-corrected chi connectivity index (χ4v) is 4.40. The molecule has 28 heavy (non-hydrogen) atoms. The maximum atomic E-state index is 12.1. The SMILES string of the molecule is CCO[Si](C#Cc1ccc(/C=C/C(=O)c2ccccc2)cc1)(OCC)OCC. The highest BCUT2D eigenvalue weighted by Gasteiger charge is 2.39. The Morgan fingerprint density at radius 3 is 2.00 bits per heavy atom. The second kappa shape index (κ2) is 11.4. The van der Waals surface area contributed by atoms with Gasteiger partial charge in [0.25, 0.3) is 0 Å². The van der Waals surface area contributed by atoms with Crippen molar-refractivity contribution >= 4 is 20.7 Å². The summed E-state index contributed by atoms with van der Waals surface area (Å²) in [6.45, 7) is 7.16. The van der Waals surface area contributed by atoms with Crippen LogP contribution in [0.3, 0.4) is 0 Å². The molecular formula is C23H26O4Si. The van der Waals surface area contributed by atoms with Gasteiger partial charge < -0.3 is 13.3 Å². The van der Waals surface area contributed by atoms with E-state index in [4.69, 9.17) is 13.3 Å². The summed E-state index contributed by atoms with van der Waals surface area (Å²) >= 11 is 0. The van der Waals surface area contributed by atoms with Crippen molar-refractivity contribution in [3.63, 3.8) is 0 Å². The van der Waals surface area contributed by atoms with Crippen molar-refractivity contribution in [2.45, 2.75) is 20.8 Å². The minimum absolute atomic E-state index is 0.0228. The van der Waals surface area contributed by atoms with Crippen molar-refractivity contribution < 1.29 is 18.1 Å². The summed E-state index contributed by atoms with van der Waals surface area (Å²) in [6.07, 6.45) is 3.37. The summed E-state index contributed by atoms with van der Waals surface area (Å²) in [5.74, 6) is 3.08. The lowest BCUT2D eigenvalue weighted by Gasteiger charge is -2.22. The van der Waals surface area contributed by atoms with Crippen molar-refractivity contribution in [2.75, 3.05) is 19.8 Å². The minimum atomic E-state index is -2.98. The van der Waals surface area contributed by atoms with Crippen molar-refractivity contribution in [1.29, 1.82) is 0 Å². The Kier molecular flexibility index (Phi) is 8.86. The Hall–Kier alpha value is -2.49. The molecule has 146 valence electrons. The molecule has 0 heterocycles. The Bertz CT molecular complexity index is 815. The van der Waals surface area contributed by atoms with Crippen LogP contribution in [0.2, 0.25) is 0 Å². The minimum Gasteiger partial charge on any atom is -0.364 e. The number of hydrogen-bond donors (Lipinski definition) is 0. The Labute approximate surface area is 168 Å². The van der Waals surface area contributed by atoms with Crippen LogP contribution >= 0.6 is 0 Å². The van der Waals surface area contributed by atoms with E-state index in [1.807, 2.05) is 63.2 Å². The zero-order valence-electron chi connectivity index (χ0n) is 16.6. The molecule has 0 bridgehead atoms. The van der Waals surface area contributed by atoms with E-state index in [0.717, 1.165) is 11.1 Å². The van der Waals surface area contributed by atoms with Crippen LogP contribution < -0.4 is 0 Å². The number of benzene rings is 2. The highest BCUT2D eigenvalue weighted by atomic mass is 28.4. The first kappa shape index (κ1) is 21.8. The molecule has 0 radical (unpaired) electrons. The van der Waals surface area contributed by atoms with Crippen molar-refractivity contribution in [3.05, 3.63) is 77.4 Å². The molecule has 2 aromatic carbocycles. The molecule has 0 fully saturated rings. The summed E-state index contributed by atoms with van der Waals surface area (Å²) < 4.78 is 17.2. The van der Waals surface area contributed by atoms with Crippen LogP contribution in [0.5, 0.6) is 0 Å². The van der Waals surface area contributed by atoms with Gasteiger partial charge in [-0.15, -0.1) is 0 Å². The first-order valence-corrected chi connectivity index (χ1v) is 11.2. The Morgan fingerprint density at radius 1 is 0.893 bits per heavy atom. The van der Waals surface area contributed by atoms with Gasteiger partial charge in [-0.2, -0.15) is 0 Å². The van der Waals surface area contributed by atoms with E-state index in [1.54, 1.807) is 24.3 Å². The van der Waals surface area contributed by atoms with Crippen LogP contribution in [0.4, 0.5) is 0 Å². The molecule has 2 aromatic rings. The lowest BCUT2D eigenvalue weighted by atomic mass is 10.1. The zero-order valence-corrected chi connectivity index (χ0v) is 17.6. The highest BCUT2D eigenvalue weighted by molar-refractivity contribution is 6.69. The van der Waals surface area contributed by atoms with Crippen LogP contribution in [0.15, 0.2) is 60.7 Å². The summed E-state index contributed by atoms with van der Waals surface area (Å²) in [7, 11) is -2.98. The molecule has 4 nitrogen and oxygen atoms in total. The van der Waals surface area contributed by atoms with Gasteiger partial charge in [-0.1, -0.05) is 54.5 Å². The van der Waals surface area contributed by atoms with Crippen LogP contribution in [0.1, 0.15) is 42.3 Å². The summed E-state index contributed by atoms with van der Waals surface area (Å²) in [5, 5.41) is 0. The predicted octanol–water partition coefficient (Wildman–Crippen LogP) is 4.52. The molecule has 0 aliphatic carbocycles. The van der Waals surface area contributed by atoms with Gasteiger partial charge in [0, 0.05) is 30.9 Å². The molecule has 0 saturated carbocycles. The molecule has 0 saturated heterocycles. The molecule has 5 heteroatoms. The third kappa shape index (κ3) is 6.59. The van der Waals surface area contributed by atoms with Crippen LogP contribution in [-0.4, -0.2) is 34.4 Å². The molecular weight excluding hydrogens is 368 g/mol. The highest BCUT2D eigenvalue weighted by Crippen LogP contribution is 2.11. The fraction of sp³-hybridized carbons (Fsp3) is 0.261. The molecule has 0 amide bonds. The number of hydrogen-bond acceptors (Lipinski definition) is 4. The number of ketones is 1. The van der Waals surface area contributed by atoms with E-state index < -0.39 is 8.80 Å². The number of carbonyl (C=O) groups excluding carboxylic acids is 1. The van der Waals surface area contributed by atoms with Gasteiger partial charge in [0.1, 0.15) is 0 Å². The van der Waals surface area contributed by atoms with Gasteiger partial charge in [-0.05, 0) is 50.1 Å². The number of carbonyl (C=O) groups is 1. The standard InChI is InChI=1S/C23H26O4Si/c1-4-25-28(26-5-2,27-6-3)19-18-21-14-12-20(13-15-21)16-17-23(24)22-10-8-7-9-11-22/h7-17H,4-6H2,1-3H3/b17-16+. The van der Waals surface area contributed by atoms with E-state index in [0.29, 0.717) is 25.4 Å². The zero-order chi connectivity index (χ0) is 20.2. The molecule has 2 rings (SSSR count). The topological polar surface area (TPSA) is 44.8 Å². The predicted molar refractivity (Wildman–Crippen MR) is 114 cm³/mol. The fourth-order valence-electron chi connectivity index (χ4n) is 2.50. The van der Waals surface area contributed by atoms with E-state index in [9.17, 15) is 4.79 Å². The normalized spacial score (nSPS) is 11.2. The second-order valence-electron chi connectivity index (χ2n) is 5.79. The van der Waals surface area contributed by atoms with Gasteiger partial charge in [-0.3, -0.25) is 4.79 Å². The molecule has 0 aliphatic rings. The second-order valence-corrected chi connectivity index (χ2v) is 8.02. The van der Waals surface area contributed by atoms with E-state index >= 15 is 0 Å². The summed E-state index contributed by atoms with van der Waals surface area (Å²) in [6, 6.07) is 16.8. The molecule has 0 N–H and O–H groups in total. The smallest absolute Gasteiger partial charge is 0.364 e. The largest absolute Gasteiger partial charge is 0.591 e. The maximum absolute atomic E-state index is 12.1. The summed E-state index contributed by atoms with van der Waals surface area (Å²) in [4.78, 5) is 12.1. The third-order valence-electron chi connectivity index (χ3n) is 3.76. The molecule has 0 aromatic heterocycles. The molecule has 0 unspecified atom stereocenters. The van der Waals surface area contributed by atoms with Gasteiger partial charge in [0.2, 0.25) is 0 Å². The van der Waals surface area contributed by atoms with Gasteiger partial charge in [0.15, 0.2) is 5.78 Å². The van der Waals surface area contributed by atoms with E-state index in [-0.39, 0.29) is 5.78 Å².